The molecule has 1 saturated heterocycles. The number of nitrogens with one attached hydrogen (secondary N) is 1. The minimum atomic E-state index is -1.38. The molecule has 0 aliphatic carbocycles. The number of aliphatic hydroxyl groups is 3. The molecule has 1 fully saturated rings. The molecule has 5 atom stereocenters. The van der Waals surface area contributed by atoms with Crippen LogP contribution in [0.25, 0.3) is 0 Å². The van der Waals surface area contributed by atoms with Crippen LogP contribution in [0.15, 0.2) is 0 Å². The summed E-state index contributed by atoms with van der Waals surface area (Å²) in [7, 11) is 1.67. The van der Waals surface area contributed by atoms with Crippen LogP contribution in [0.3, 0.4) is 0 Å². The zero-order chi connectivity index (χ0) is 10.2. The maximum Gasteiger partial charge on any atom is 0.184 e. The largest absolute Gasteiger partial charge is 0.386 e. The highest BCUT2D eigenvalue weighted by molar-refractivity contribution is 5.00. The van der Waals surface area contributed by atoms with Crippen molar-refractivity contribution in [2.75, 3.05) is 7.05 Å². The summed E-state index contributed by atoms with van der Waals surface area (Å²) in [5.74, 6) is 0. The van der Waals surface area contributed by atoms with E-state index in [-0.39, 0.29) is 6.10 Å². The Kier molecular flexibility index (Phi) is 2.94. The Labute approximate surface area is 77.3 Å². The van der Waals surface area contributed by atoms with Gasteiger partial charge in [-0.2, -0.15) is 0 Å². The first kappa shape index (κ1) is 10.9. The summed E-state index contributed by atoms with van der Waals surface area (Å²) in [6.07, 6.45) is -2.96. The fraction of sp³-hybridized carbons (Fsp3) is 1.00. The van der Waals surface area contributed by atoms with Gasteiger partial charge < -0.3 is 25.4 Å². The Bertz CT molecular complexity index is 185. The first-order valence-corrected chi connectivity index (χ1v) is 4.32. The SMILES string of the molecule is CN[C@H]1[C@H](C)O[C@@H](O)[C@H](O)[C@]1(C)O. The quantitative estimate of drug-likeness (QED) is 0.402. The second-order valence-corrected chi connectivity index (χ2v) is 3.67. The van der Waals surface area contributed by atoms with Crippen LogP contribution in [-0.2, 0) is 4.74 Å². The van der Waals surface area contributed by atoms with E-state index >= 15 is 0 Å². The van der Waals surface area contributed by atoms with E-state index in [9.17, 15) is 15.3 Å². The molecule has 1 rings (SSSR count). The van der Waals surface area contributed by atoms with E-state index in [2.05, 4.69) is 5.32 Å². The lowest BCUT2D eigenvalue weighted by molar-refractivity contribution is -0.282. The molecule has 13 heavy (non-hydrogen) atoms. The predicted molar refractivity (Wildman–Crippen MR) is 46.0 cm³/mol. The summed E-state index contributed by atoms with van der Waals surface area (Å²) in [5, 5.41) is 31.4. The highest BCUT2D eigenvalue weighted by atomic mass is 16.6. The molecule has 0 saturated carbocycles. The van der Waals surface area contributed by atoms with Crippen LogP contribution in [-0.4, -0.2) is 52.5 Å². The molecular formula is C8H17NO4. The first-order valence-electron chi connectivity index (χ1n) is 4.32. The molecule has 0 radical (unpaired) electrons. The highest BCUT2D eigenvalue weighted by Crippen LogP contribution is 2.28. The number of likely N-dealkylation sites (N-methyl/N-ethyl adjacent to an activating group) is 1. The van der Waals surface area contributed by atoms with Crippen molar-refractivity contribution in [3.05, 3.63) is 0 Å². The molecule has 0 amide bonds. The van der Waals surface area contributed by atoms with Crippen LogP contribution in [0, 0.1) is 0 Å². The summed E-state index contributed by atoms with van der Waals surface area (Å²) >= 11 is 0. The van der Waals surface area contributed by atoms with Crippen LogP contribution < -0.4 is 5.32 Å². The average Bonchev–Trinajstić information content (AvgIpc) is 2.01. The van der Waals surface area contributed by atoms with E-state index in [1.54, 1.807) is 14.0 Å². The van der Waals surface area contributed by atoms with Gasteiger partial charge >= 0.3 is 0 Å². The summed E-state index contributed by atoms with van der Waals surface area (Å²) in [6, 6.07) is -0.397. The van der Waals surface area contributed by atoms with Crippen molar-refractivity contribution in [3.8, 4) is 0 Å². The monoisotopic (exact) mass is 191 g/mol. The van der Waals surface area contributed by atoms with Crippen LogP contribution in [0.5, 0.6) is 0 Å². The van der Waals surface area contributed by atoms with Crippen molar-refractivity contribution in [3.63, 3.8) is 0 Å². The van der Waals surface area contributed by atoms with Gasteiger partial charge in [0.25, 0.3) is 0 Å². The van der Waals surface area contributed by atoms with E-state index in [0.717, 1.165) is 0 Å². The number of ether oxygens (including phenoxy) is 1. The fourth-order valence-corrected chi connectivity index (χ4v) is 1.85. The van der Waals surface area contributed by atoms with E-state index in [1.807, 2.05) is 0 Å². The molecular weight excluding hydrogens is 174 g/mol. The van der Waals surface area contributed by atoms with Crippen LogP contribution in [0.1, 0.15) is 13.8 Å². The van der Waals surface area contributed by atoms with Crippen LogP contribution in [0.2, 0.25) is 0 Å². The van der Waals surface area contributed by atoms with Gasteiger partial charge in [0.1, 0.15) is 11.7 Å². The number of rotatable bonds is 1. The first-order chi connectivity index (χ1) is 5.91. The number of hydrogen-bond acceptors (Lipinski definition) is 5. The molecule has 1 aliphatic heterocycles. The van der Waals surface area contributed by atoms with Crippen LogP contribution >= 0.6 is 0 Å². The van der Waals surface area contributed by atoms with Crippen LogP contribution in [0.4, 0.5) is 0 Å². The molecule has 4 N–H and O–H groups in total. The number of aliphatic hydroxyl groups excluding tert-OH is 2. The van der Waals surface area contributed by atoms with E-state index < -0.39 is 24.0 Å². The van der Waals surface area contributed by atoms with Crippen molar-refractivity contribution in [2.24, 2.45) is 0 Å². The summed E-state index contributed by atoms with van der Waals surface area (Å²) in [6.45, 7) is 3.20. The van der Waals surface area contributed by atoms with Gasteiger partial charge in [0, 0.05) is 0 Å². The Morgan fingerprint density at radius 3 is 2.38 bits per heavy atom. The third kappa shape index (κ3) is 1.70. The van der Waals surface area contributed by atoms with Crippen molar-refractivity contribution >= 4 is 0 Å². The third-order valence-electron chi connectivity index (χ3n) is 2.63. The Morgan fingerprint density at radius 1 is 1.38 bits per heavy atom. The zero-order valence-electron chi connectivity index (χ0n) is 8.06. The van der Waals surface area contributed by atoms with E-state index in [0.29, 0.717) is 0 Å². The minimum Gasteiger partial charge on any atom is -0.386 e. The second kappa shape index (κ2) is 3.51. The van der Waals surface area contributed by atoms with Crippen molar-refractivity contribution in [1.29, 1.82) is 0 Å². The standard InChI is InChI=1S/C8H17NO4/c1-4-5(9-3)8(2,12)6(10)7(11)13-4/h4-7,9-12H,1-3H3/t4-,5-,6-,7+,8+/m0/s1. The average molecular weight is 191 g/mol. The molecule has 78 valence electrons. The molecule has 0 unspecified atom stereocenters. The van der Waals surface area contributed by atoms with Gasteiger partial charge in [-0.05, 0) is 20.9 Å². The van der Waals surface area contributed by atoms with Gasteiger partial charge in [0.15, 0.2) is 6.29 Å². The maximum atomic E-state index is 9.89. The topological polar surface area (TPSA) is 82.0 Å². The lowest BCUT2D eigenvalue weighted by Crippen LogP contribution is -2.68. The molecule has 1 heterocycles. The van der Waals surface area contributed by atoms with Gasteiger partial charge in [0.2, 0.25) is 0 Å². The summed E-state index contributed by atoms with van der Waals surface area (Å²) in [5.41, 5.74) is -1.38. The highest BCUT2D eigenvalue weighted by Gasteiger charge is 2.50. The Balaban J connectivity index is 2.85. The normalized spacial score (nSPS) is 52.2. The fourth-order valence-electron chi connectivity index (χ4n) is 1.85. The van der Waals surface area contributed by atoms with E-state index in [4.69, 9.17) is 4.74 Å². The summed E-state index contributed by atoms with van der Waals surface area (Å²) in [4.78, 5) is 0. The smallest absolute Gasteiger partial charge is 0.184 e. The van der Waals surface area contributed by atoms with Gasteiger partial charge in [-0.3, -0.25) is 0 Å². The second-order valence-electron chi connectivity index (χ2n) is 3.67. The summed E-state index contributed by atoms with van der Waals surface area (Å²) < 4.78 is 5.02. The molecule has 0 bridgehead atoms. The Hall–Kier alpha value is -0.200. The van der Waals surface area contributed by atoms with Crippen molar-refractivity contribution in [1.82, 2.24) is 5.32 Å². The molecule has 0 aromatic heterocycles. The Morgan fingerprint density at radius 2 is 1.92 bits per heavy atom. The third-order valence-corrected chi connectivity index (χ3v) is 2.63. The van der Waals surface area contributed by atoms with Crippen molar-refractivity contribution in [2.45, 2.75) is 44.0 Å². The molecule has 1 aliphatic rings. The number of hydrogen-bond donors (Lipinski definition) is 4. The van der Waals surface area contributed by atoms with Gasteiger partial charge in [-0.15, -0.1) is 0 Å². The van der Waals surface area contributed by atoms with E-state index in [1.165, 1.54) is 6.92 Å². The van der Waals surface area contributed by atoms with Crippen molar-refractivity contribution < 1.29 is 20.1 Å². The minimum absolute atomic E-state index is 0.349. The molecule has 0 aromatic rings. The molecule has 5 nitrogen and oxygen atoms in total. The van der Waals surface area contributed by atoms with Gasteiger partial charge in [0.05, 0.1) is 12.1 Å². The molecule has 5 heteroatoms. The predicted octanol–water partition coefficient (Wildman–Crippen LogP) is -1.58. The van der Waals surface area contributed by atoms with Gasteiger partial charge in [-0.1, -0.05) is 0 Å². The lowest BCUT2D eigenvalue weighted by Gasteiger charge is -2.46. The van der Waals surface area contributed by atoms with Gasteiger partial charge in [-0.25, -0.2) is 0 Å². The molecule has 0 spiro atoms. The zero-order valence-corrected chi connectivity index (χ0v) is 8.06. The lowest BCUT2D eigenvalue weighted by atomic mass is 9.84. The maximum absolute atomic E-state index is 9.89. The molecule has 0 aromatic carbocycles.